The average molecular weight is 340 g/mol. The maximum Gasteiger partial charge on any atom is 0.254 e. The average Bonchev–Trinajstić information content (AvgIpc) is 2.61. The summed E-state index contributed by atoms with van der Waals surface area (Å²) in [6.07, 6.45) is 0. The fourth-order valence-corrected chi connectivity index (χ4v) is 2.42. The smallest absolute Gasteiger partial charge is 0.254 e. The van der Waals surface area contributed by atoms with Gasteiger partial charge in [0.15, 0.2) is 0 Å². The molecule has 2 aromatic carbocycles. The van der Waals surface area contributed by atoms with Gasteiger partial charge in [0.25, 0.3) is 5.91 Å². The lowest BCUT2D eigenvalue weighted by atomic mass is 10.0. The molecule has 5 nitrogen and oxygen atoms in total. The van der Waals surface area contributed by atoms with Crippen molar-refractivity contribution in [1.82, 2.24) is 4.90 Å². The van der Waals surface area contributed by atoms with Gasteiger partial charge in [0.1, 0.15) is 5.75 Å². The highest BCUT2D eigenvalue weighted by atomic mass is 16.5. The minimum atomic E-state index is -0.261. The Balaban J connectivity index is 1.96. The first-order valence-corrected chi connectivity index (χ1v) is 8.20. The summed E-state index contributed by atoms with van der Waals surface area (Å²) in [7, 11) is 3.18. The largest absolute Gasteiger partial charge is 0.497 e. The number of hydrogen-bond acceptors (Lipinski definition) is 3. The standard InChI is InChI=1S/C20H24N2O3/c1-14(2)15-8-10-16(11-9-15)20(24)22(3)13-19(23)21-17-6-5-7-18(12-17)25-4/h5-12,14H,13H2,1-4H3,(H,21,23). The van der Waals surface area contributed by atoms with E-state index in [0.29, 0.717) is 22.9 Å². The SMILES string of the molecule is COc1cccc(NC(=O)CN(C)C(=O)c2ccc(C(C)C)cc2)c1. The van der Waals surface area contributed by atoms with Gasteiger partial charge in [-0.1, -0.05) is 32.0 Å². The lowest BCUT2D eigenvalue weighted by Gasteiger charge is -2.17. The molecule has 0 aromatic heterocycles. The molecule has 2 aromatic rings. The zero-order chi connectivity index (χ0) is 18.4. The fourth-order valence-electron chi connectivity index (χ4n) is 2.42. The Hall–Kier alpha value is -2.82. The normalized spacial score (nSPS) is 10.4. The molecule has 25 heavy (non-hydrogen) atoms. The second-order valence-corrected chi connectivity index (χ2v) is 6.22. The molecule has 132 valence electrons. The number of hydrogen-bond donors (Lipinski definition) is 1. The Labute approximate surface area is 148 Å². The number of carbonyl (C=O) groups excluding carboxylic acids is 2. The maximum absolute atomic E-state index is 12.4. The number of ether oxygens (including phenoxy) is 1. The summed E-state index contributed by atoms with van der Waals surface area (Å²) in [6.45, 7) is 4.18. The first-order chi connectivity index (χ1) is 11.9. The number of likely N-dealkylation sites (N-methyl/N-ethyl adjacent to an activating group) is 1. The molecule has 0 aliphatic rings. The van der Waals surface area contributed by atoms with E-state index < -0.39 is 0 Å². The molecule has 0 spiro atoms. The van der Waals surface area contributed by atoms with Crippen LogP contribution in [-0.4, -0.2) is 37.4 Å². The van der Waals surface area contributed by atoms with Crippen molar-refractivity contribution >= 4 is 17.5 Å². The highest BCUT2D eigenvalue weighted by Crippen LogP contribution is 2.17. The molecule has 0 bridgehead atoms. The number of benzene rings is 2. The van der Waals surface area contributed by atoms with E-state index in [9.17, 15) is 9.59 Å². The van der Waals surface area contributed by atoms with E-state index in [1.807, 2.05) is 12.1 Å². The molecule has 0 fully saturated rings. The van der Waals surface area contributed by atoms with Crippen molar-refractivity contribution in [2.75, 3.05) is 26.0 Å². The zero-order valence-corrected chi connectivity index (χ0v) is 15.1. The molecule has 0 saturated heterocycles. The molecular weight excluding hydrogens is 316 g/mol. The van der Waals surface area contributed by atoms with E-state index >= 15 is 0 Å². The van der Waals surface area contributed by atoms with Crippen molar-refractivity contribution in [2.45, 2.75) is 19.8 Å². The van der Waals surface area contributed by atoms with Crippen LogP contribution in [0.1, 0.15) is 35.7 Å². The van der Waals surface area contributed by atoms with E-state index in [4.69, 9.17) is 4.74 Å². The summed E-state index contributed by atoms with van der Waals surface area (Å²) < 4.78 is 5.12. The van der Waals surface area contributed by atoms with Crippen LogP contribution in [0.4, 0.5) is 5.69 Å². The highest BCUT2D eigenvalue weighted by molar-refractivity contribution is 5.99. The third-order valence-corrected chi connectivity index (χ3v) is 3.91. The van der Waals surface area contributed by atoms with Gasteiger partial charge in [-0.15, -0.1) is 0 Å². The molecule has 0 unspecified atom stereocenters. The van der Waals surface area contributed by atoms with Crippen molar-refractivity contribution in [1.29, 1.82) is 0 Å². The van der Waals surface area contributed by atoms with Gasteiger partial charge in [-0.25, -0.2) is 0 Å². The van der Waals surface area contributed by atoms with E-state index in [-0.39, 0.29) is 18.4 Å². The monoisotopic (exact) mass is 340 g/mol. The predicted molar refractivity (Wildman–Crippen MR) is 99.1 cm³/mol. The second kappa shape index (κ2) is 8.33. The molecule has 0 saturated carbocycles. The maximum atomic E-state index is 12.4. The van der Waals surface area contributed by atoms with Crippen LogP contribution in [0.3, 0.4) is 0 Å². The van der Waals surface area contributed by atoms with Crippen molar-refractivity contribution in [2.24, 2.45) is 0 Å². The minimum Gasteiger partial charge on any atom is -0.497 e. The van der Waals surface area contributed by atoms with Crippen molar-refractivity contribution < 1.29 is 14.3 Å². The van der Waals surface area contributed by atoms with Gasteiger partial charge in [-0.3, -0.25) is 9.59 Å². The fraction of sp³-hybridized carbons (Fsp3) is 0.300. The lowest BCUT2D eigenvalue weighted by Crippen LogP contribution is -2.34. The van der Waals surface area contributed by atoms with Gasteiger partial charge in [0.05, 0.1) is 13.7 Å². The number of nitrogens with one attached hydrogen (secondary N) is 1. The summed E-state index contributed by atoms with van der Waals surface area (Å²) >= 11 is 0. The number of methoxy groups -OCH3 is 1. The van der Waals surface area contributed by atoms with Crippen molar-refractivity contribution in [3.8, 4) is 5.75 Å². The van der Waals surface area contributed by atoms with Gasteiger partial charge in [0.2, 0.25) is 5.91 Å². The third kappa shape index (κ3) is 5.08. The van der Waals surface area contributed by atoms with E-state index in [2.05, 4.69) is 19.2 Å². The summed E-state index contributed by atoms with van der Waals surface area (Å²) in [5.74, 6) is 0.627. The highest BCUT2D eigenvalue weighted by Gasteiger charge is 2.15. The molecule has 5 heteroatoms. The Morgan fingerprint density at radius 3 is 2.40 bits per heavy atom. The molecule has 0 radical (unpaired) electrons. The Morgan fingerprint density at radius 1 is 1.12 bits per heavy atom. The molecule has 0 atom stereocenters. The Morgan fingerprint density at radius 2 is 1.80 bits per heavy atom. The minimum absolute atomic E-state index is 0.0258. The van der Waals surface area contributed by atoms with Crippen LogP contribution in [0.15, 0.2) is 48.5 Å². The molecule has 0 heterocycles. The Kier molecular flexibility index (Phi) is 6.17. The summed E-state index contributed by atoms with van der Waals surface area (Å²) in [5, 5.41) is 2.77. The molecule has 2 amide bonds. The Bertz CT molecular complexity index is 739. The summed E-state index contributed by atoms with van der Waals surface area (Å²) in [4.78, 5) is 26.0. The molecule has 0 aliphatic heterocycles. The summed E-state index contributed by atoms with van der Waals surface area (Å²) in [5.41, 5.74) is 2.38. The summed E-state index contributed by atoms with van der Waals surface area (Å²) in [6, 6.07) is 14.6. The number of rotatable bonds is 6. The predicted octanol–water partition coefficient (Wildman–Crippen LogP) is 3.53. The first-order valence-electron chi connectivity index (χ1n) is 8.20. The topological polar surface area (TPSA) is 58.6 Å². The number of nitrogens with zero attached hydrogens (tertiary/aromatic N) is 1. The van der Waals surface area contributed by atoms with Crippen LogP contribution in [0, 0.1) is 0 Å². The van der Waals surface area contributed by atoms with Crippen LogP contribution in [0.5, 0.6) is 5.75 Å². The number of anilines is 1. The lowest BCUT2D eigenvalue weighted by molar-refractivity contribution is -0.116. The van der Waals surface area contributed by atoms with Gasteiger partial charge >= 0.3 is 0 Å². The van der Waals surface area contributed by atoms with Crippen LogP contribution in [-0.2, 0) is 4.79 Å². The van der Waals surface area contributed by atoms with E-state index in [0.717, 1.165) is 0 Å². The van der Waals surface area contributed by atoms with E-state index in [1.165, 1.54) is 10.5 Å². The van der Waals surface area contributed by atoms with Gasteiger partial charge in [-0.2, -0.15) is 0 Å². The molecule has 0 aliphatic carbocycles. The number of carbonyl (C=O) groups is 2. The van der Waals surface area contributed by atoms with Gasteiger partial charge in [-0.05, 0) is 35.7 Å². The van der Waals surface area contributed by atoms with Crippen LogP contribution < -0.4 is 10.1 Å². The van der Waals surface area contributed by atoms with Crippen molar-refractivity contribution in [3.63, 3.8) is 0 Å². The van der Waals surface area contributed by atoms with Gasteiger partial charge in [0, 0.05) is 24.4 Å². The molecule has 2 rings (SSSR count). The van der Waals surface area contributed by atoms with Crippen LogP contribution in [0.25, 0.3) is 0 Å². The first kappa shape index (κ1) is 18.5. The second-order valence-electron chi connectivity index (χ2n) is 6.22. The molecular formula is C20H24N2O3. The van der Waals surface area contributed by atoms with Crippen LogP contribution >= 0.6 is 0 Å². The quantitative estimate of drug-likeness (QED) is 0.875. The zero-order valence-electron chi connectivity index (χ0n) is 15.1. The third-order valence-electron chi connectivity index (χ3n) is 3.91. The number of amides is 2. The van der Waals surface area contributed by atoms with Crippen molar-refractivity contribution in [3.05, 3.63) is 59.7 Å². The van der Waals surface area contributed by atoms with Crippen LogP contribution in [0.2, 0.25) is 0 Å². The van der Waals surface area contributed by atoms with Gasteiger partial charge < -0.3 is 15.0 Å². The molecule has 1 N–H and O–H groups in total. The van der Waals surface area contributed by atoms with E-state index in [1.54, 1.807) is 50.6 Å².